The molecule has 1 saturated heterocycles. The van der Waals surface area contributed by atoms with E-state index in [1.807, 2.05) is 0 Å². The van der Waals surface area contributed by atoms with Crippen LogP contribution < -0.4 is 0 Å². The predicted octanol–water partition coefficient (Wildman–Crippen LogP) is 0.944. The summed E-state index contributed by atoms with van der Waals surface area (Å²) in [6.07, 6.45) is 3.92. The average molecular weight is 320 g/mol. The highest BCUT2D eigenvalue weighted by Gasteiger charge is 2.46. The Balaban J connectivity index is 2.07. The molecule has 0 spiro atoms. The fourth-order valence-corrected chi connectivity index (χ4v) is 2.67. The van der Waals surface area contributed by atoms with Crippen molar-refractivity contribution in [1.29, 1.82) is 0 Å². The van der Waals surface area contributed by atoms with E-state index in [0.29, 0.717) is 6.61 Å². The summed E-state index contributed by atoms with van der Waals surface area (Å²) in [4.78, 5) is 0. The minimum atomic E-state index is -1.24. The molecule has 0 saturated carbocycles. The molecule has 1 aliphatic heterocycles. The first-order chi connectivity index (χ1) is 10.6. The van der Waals surface area contributed by atoms with E-state index in [9.17, 15) is 15.3 Å². The summed E-state index contributed by atoms with van der Waals surface area (Å²) in [5.74, 6) is 0. The summed E-state index contributed by atoms with van der Waals surface area (Å²) in [5, 5.41) is 37.9. The van der Waals surface area contributed by atoms with Crippen LogP contribution in [0.25, 0.3) is 0 Å². The van der Waals surface area contributed by atoms with E-state index in [1.165, 1.54) is 38.5 Å². The largest absolute Gasteiger partial charge is 0.394 e. The first-order valence-electron chi connectivity index (χ1n) is 8.54. The summed E-state index contributed by atoms with van der Waals surface area (Å²) < 4.78 is 10.7. The van der Waals surface area contributed by atoms with Gasteiger partial charge in [-0.2, -0.15) is 0 Å². The van der Waals surface area contributed by atoms with Gasteiger partial charge in [0.05, 0.1) is 6.61 Å². The Kier molecular flexibility index (Phi) is 10.2. The van der Waals surface area contributed by atoms with Crippen LogP contribution in [0.15, 0.2) is 0 Å². The molecule has 1 rings (SSSR count). The standard InChI is InChI=1S/C16H32O6/c1-2-3-4-5-6-7-8-9-10-21-16-14(20)13(19)15(22-16)12(18)11-17/h12-20H,2-11H2,1H3/t12-,13-,14-,15-,16?/m1/s1. The monoisotopic (exact) mass is 320 g/mol. The van der Waals surface area contributed by atoms with Crippen LogP contribution in [0.1, 0.15) is 58.3 Å². The van der Waals surface area contributed by atoms with Crippen molar-refractivity contribution in [1.82, 2.24) is 0 Å². The molecule has 0 aromatic carbocycles. The van der Waals surface area contributed by atoms with Gasteiger partial charge in [0, 0.05) is 6.61 Å². The zero-order valence-electron chi connectivity index (χ0n) is 13.6. The molecule has 132 valence electrons. The quantitative estimate of drug-likeness (QED) is 0.400. The van der Waals surface area contributed by atoms with Gasteiger partial charge in [-0.15, -0.1) is 0 Å². The number of rotatable bonds is 12. The third-order valence-corrected chi connectivity index (χ3v) is 4.10. The third-order valence-electron chi connectivity index (χ3n) is 4.10. The summed E-state index contributed by atoms with van der Waals surface area (Å²) in [7, 11) is 0. The molecule has 0 aromatic heterocycles. The van der Waals surface area contributed by atoms with Crippen molar-refractivity contribution in [3.05, 3.63) is 0 Å². The molecule has 5 atom stereocenters. The Morgan fingerprint density at radius 3 is 2.14 bits per heavy atom. The smallest absolute Gasteiger partial charge is 0.186 e. The number of aliphatic hydroxyl groups excluding tert-OH is 4. The van der Waals surface area contributed by atoms with Crippen LogP contribution in [0.4, 0.5) is 0 Å². The van der Waals surface area contributed by atoms with E-state index in [2.05, 4.69) is 6.92 Å². The maximum Gasteiger partial charge on any atom is 0.186 e. The molecular weight excluding hydrogens is 288 g/mol. The molecule has 1 heterocycles. The first kappa shape index (κ1) is 19.8. The Bertz CT molecular complexity index is 275. The van der Waals surface area contributed by atoms with Gasteiger partial charge in [-0.25, -0.2) is 0 Å². The van der Waals surface area contributed by atoms with E-state index in [4.69, 9.17) is 14.6 Å². The van der Waals surface area contributed by atoms with Crippen LogP contribution in [-0.4, -0.2) is 64.3 Å². The van der Waals surface area contributed by atoms with Gasteiger partial charge in [-0.3, -0.25) is 0 Å². The van der Waals surface area contributed by atoms with Crippen molar-refractivity contribution < 1.29 is 29.9 Å². The van der Waals surface area contributed by atoms with Gasteiger partial charge in [0.2, 0.25) is 0 Å². The molecule has 1 aliphatic rings. The van der Waals surface area contributed by atoms with Crippen molar-refractivity contribution in [2.75, 3.05) is 13.2 Å². The molecule has 1 fully saturated rings. The fourth-order valence-electron chi connectivity index (χ4n) is 2.67. The second kappa shape index (κ2) is 11.3. The second-order valence-electron chi connectivity index (χ2n) is 6.05. The number of hydrogen-bond acceptors (Lipinski definition) is 6. The van der Waals surface area contributed by atoms with Crippen molar-refractivity contribution >= 4 is 0 Å². The summed E-state index contributed by atoms with van der Waals surface area (Å²) >= 11 is 0. The second-order valence-corrected chi connectivity index (χ2v) is 6.05. The van der Waals surface area contributed by atoms with Gasteiger partial charge in [-0.1, -0.05) is 51.9 Å². The number of aliphatic hydroxyl groups is 4. The van der Waals surface area contributed by atoms with Gasteiger partial charge >= 0.3 is 0 Å². The SMILES string of the molecule is CCCCCCCCCCOC1O[C@H]([C@H](O)CO)[C@H](O)[C@H]1O. The van der Waals surface area contributed by atoms with E-state index in [-0.39, 0.29) is 0 Å². The van der Waals surface area contributed by atoms with E-state index < -0.39 is 37.3 Å². The average Bonchev–Trinajstić information content (AvgIpc) is 2.81. The molecule has 4 N–H and O–H groups in total. The van der Waals surface area contributed by atoms with E-state index in [0.717, 1.165) is 12.8 Å². The highest BCUT2D eigenvalue weighted by Crippen LogP contribution is 2.24. The Hall–Kier alpha value is -0.240. The molecule has 0 aliphatic carbocycles. The summed E-state index contributed by atoms with van der Waals surface area (Å²) in [5.41, 5.74) is 0. The van der Waals surface area contributed by atoms with Gasteiger partial charge in [0.1, 0.15) is 24.4 Å². The van der Waals surface area contributed by atoms with Crippen LogP contribution in [0.3, 0.4) is 0 Å². The fraction of sp³-hybridized carbons (Fsp3) is 1.00. The Labute approximate surface area is 133 Å². The number of hydrogen-bond donors (Lipinski definition) is 4. The van der Waals surface area contributed by atoms with Crippen molar-refractivity contribution in [3.63, 3.8) is 0 Å². The molecule has 6 heteroatoms. The summed E-state index contributed by atoms with van der Waals surface area (Å²) in [6.45, 7) is 2.13. The van der Waals surface area contributed by atoms with Crippen LogP contribution in [-0.2, 0) is 9.47 Å². The Morgan fingerprint density at radius 2 is 1.55 bits per heavy atom. The lowest BCUT2D eigenvalue weighted by Crippen LogP contribution is -2.40. The lowest BCUT2D eigenvalue weighted by molar-refractivity contribution is -0.181. The highest BCUT2D eigenvalue weighted by molar-refractivity contribution is 4.90. The lowest BCUT2D eigenvalue weighted by atomic mass is 10.1. The van der Waals surface area contributed by atoms with Crippen LogP contribution in [0.2, 0.25) is 0 Å². The maximum absolute atomic E-state index is 9.80. The normalized spacial score (nSPS) is 29.9. The molecule has 1 unspecified atom stereocenters. The molecule has 0 aromatic rings. The maximum atomic E-state index is 9.80. The van der Waals surface area contributed by atoms with Crippen LogP contribution >= 0.6 is 0 Å². The lowest BCUT2D eigenvalue weighted by Gasteiger charge is -2.18. The van der Waals surface area contributed by atoms with Crippen molar-refractivity contribution in [2.24, 2.45) is 0 Å². The molecule has 6 nitrogen and oxygen atoms in total. The van der Waals surface area contributed by atoms with Gasteiger partial charge in [0.15, 0.2) is 6.29 Å². The minimum Gasteiger partial charge on any atom is -0.394 e. The predicted molar refractivity (Wildman–Crippen MR) is 82.3 cm³/mol. The third kappa shape index (κ3) is 6.48. The molecule has 0 radical (unpaired) electrons. The topological polar surface area (TPSA) is 99.4 Å². The van der Waals surface area contributed by atoms with Crippen molar-refractivity contribution in [2.45, 2.75) is 89.0 Å². The first-order valence-corrected chi connectivity index (χ1v) is 8.54. The van der Waals surface area contributed by atoms with Crippen molar-refractivity contribution in [3.8, 4) is 0 Å². The van der Waals surface area contributed by atoms with Gasteiger partial charge in [-0.05, 0) is 6.42 Å². The zero-order valence-corrected chi connectivity index (χ0v) is 13.6. The van der Waals surface area contributed by atoms with E-state index >= 15 is 0 Å². The Morgan fingerprint density at radius 1 is 0.955 bits per heavy atom. The number of unbranched alkanes of at least 4 members (excludes halogenated alkanes) is 7. The molecule has 0 amide bonds. The highest BCUT2D eigenvalue weighted by atomic mass is 16.7. The zero-order chi connectivity index (χ0) is 16.4. The van der Waals surface area contributed by atoms with E-state index in [1.54, 1.807) is 0 Å². The van der Waals surface area contributed by atoms with Crippen LogP contribution in [0, 0.1) is 0 Å². The minimum absolute atomic E-state index is 0.450. The summed E-state index contributed by atoms with van der Waals surface area (Å²) in [6, 6.07) is 0. The van der Waals surface area contributed by atoms with Gasteiger partial charge in [0.25, 0.3) is 0 Å². The van der Waals surface area contributed by atoms with Gasteiger partial charge < -0.3 is 29.9 Å². The number of ether oxygens (including phenoxy) is 2. The molecule has 0 bridgehead atoms. The molecular formula is C16H32O6. The molecule has 22 heavy (non-hydrogen) atoms. The van der Waals surface area contributed by atoms with Crippen LogP contribution in [0.5, 0.6) is 0 Å².